The van der Waals surface area contributed by atoms with Gasteiger partial charge in [0.25, 0.3) is 5.91 Å². The number of carboxylic acid groups (broad SMARTS) is 1. The van der Waals surface area contributed by atoms with Crippen LogP contribution in [0, 0.1) is 27.7 Å². The Hall–Kier alpha value is -4.88. The minimum Gasteiger partial charge on any atom is -0.494 e. The highest BCUT2D eigenvalue weighted by Gasteiger charge is 2.38. The number of aromatic nitrogens is 5. The molecule has 12 nitrogen and oxygen atoms in total. The van der Waals surface area contributed by atoms with Gasteiger partial charge in [0.1, 0.15) is 11.4 Å². The molecule has 3 aromatic heterocycles. The normalized spacial score (nSPS) is 16.2. The molecule has 0 aliphatic carbocycles. The predicted molar refractivity (Wildman–Crippen MR) is 224 cm³/mol. The van der Waals surface area contributed by atoms with Gasteiger partial charge in [-0.2, -0.15) is 10.2 Å². The third-order valence-corrected chi connectivity index (χ3v) is 12.4. The van der Waals surface area contributed by atoms with E-state index in [1.54, 1.807) is 23.1 Å². The number of hydrogen-bond acceptors (Lipinski definition) is 7. The van der Waals surface area contributed by atoms with Crippen molar-refractivity contribution in [1.29, 1.82) is 0 Å². The van der Waals surface area contributed by atoms with Gasteiger partial charge in [-0.3, -0.25) is 24.0 Å². The number of halogens is 2. The molecule has 1 atom stereocenters. The fourth-order valence-corrected chi connectivity index (χ4v) is 8.99. The Morgan fingerprint density at radius 2 is 1.68 bits per heavy atom. The molecule has 0 radical (unpaired) electrons. The zero-order valence-corrected chi connectivity index (χ0v) is 34.7. The smallest absolute Gasteiger partial charge is 0.335 e. The topological polar surface area (TPSA) is 120 Å². The van der Waals surface area contributed by atoms with Crippen LogP contribution < -0.4 is 9.64 Å². The second-order valence-corrected chi connectivity index (χ2v) is 16.1. The maximum atomic E-state index is 15.3. The summed E-state index contributed by atoms with van der Waals surface area (Å²) in [6, 6.07) is 12.7. The zero-order chi connectivity index (χ0) is 40.3. The highest BCUT2D eigenvalue weighted by Crippen LogP contribution is 2.45. The highest BCUT2D eigenvalue weighted by molar-refractivity contribution is 6.35. The number of hydrogen-bond donors (Lipinski definition) is 1. The maximum absolute atomic E-state index is 15.3. The number of morpholine rings is 1. The minimum atomic E-state index is -1.02. The van der Waals surface area contributed by atoms with E-state index in [4.69, 9.17) is 42.9 Å². The average molecular weight is 813 g/mol. The van der Waals surface area contributed by atoms with E-state index in [-0.39, 0.29) is 17.5 Å². The molecule has 6 aromatic rings. The van der Waals surface area contributed by atoms with Crippen LogP contribution in [0.5, 0.6) is 5.75 Å². The van der Waals surface area contributed by atoms with Gasteiger partial charge in [-0.15, -0.1) is 0 Å². The summed E-state index contributed by atoms with van der Waals surface area (Å²) >= 11 is 13.6. The Kier molecular flexibility index (Phi) is 10.6. The summed E-state index contributed by atoms with van der Waals surface area (Å²) in [6.07, 6.45) is 1.22. The third kappa shape index (κ3) is 6.96. The van der Waals surface area contributed by atoms with E-state index in [1.807, 2.05) is 68.4 Å². The Bertz CT molecular complexity index is 2540. The van der Waals surface area contributed by atoms with Crippen molar-refractivity contribution in [2.24, 2.45) is 7.05 Å². The molecule has 8 rings (SSSR count). The molecule has 14 heteroatoms. The number of carbonyl (C=O) groups is 2. The maximum Gasteiger partial charge on any atom is 0.335 e. The van der Waals surface area contributed by atoms with Gasteiger partial charge in [0.15, 0.2) is 5.82 Å². The van der Waals surface area contributed by atoms with E-state index in [1.165, 1.54) is 0 Å². The van der Waals surface area contributed by atoms with E-state index in [0.29, 0.717) is 74.3 Å². The molecule has 1 fully saturated rings. The average Bonchev–Trinajstić information content (AvgIpc) is 3.81. The molecule has 1 N–H and O–H groups in total. The molecule has 2 aliphatic rings. The van der Waals surface area contributed by atoms with Gasteiger partial charge in [0, 0.05) is 71.9 Å². The summed E-state index contributed by atoms with van der Waals surface area (Å²) in [5, 5.41) is 22.7. The van der Waals surface area contributed by atoms with Gasteiger partial charge in [-0.05, 0) is 101 Å². The first kappa shape index (κ1) is 39.0. The Balaban J connectivity index is 1.23. The Morgan fingerprint density at radius 1 is 0.965 bits per heavy atom. The van der Waals surface area contributed by atoms with Crippen LogP contribution in [-0.2, 0) is 24.8 Å². The quantitative estimate of drug-likeness (QED) is 0.130. The number of carboxylic acids is 1. The van der Waals surface area contributed by atoms with Crippen LogP contribution in [0.15, 0.2) is 42.5 Å². The van der Waals surface area contributed by atoms with Gasteiger partial charge in [0.05, 0.1) is 53.7 Å². The number of aryl methyl sites for hydroxylation is 5. The van der Waals surface area contributed by atoms with Crippen molar-refractivity contribution in [3.05, 3.63) is 91.8 Å². The molecular formula is C43H47Cl2N7O5. The lowest BCUT2D eigenvalue weighted by Gasteiger charge is -2.33. The molecule has 1 saturated heterocycles. The van der Waals surface area contributed by atoms with E-state index >= 15 is 4.79 Å². The first-order valence-corrected chi connectivity index (χ1v) is 20.2. The van der Waals surface area contributed by atoms with Gasteiger partial charge in [0.2, 0.25) is 0 Å². The molecule has 1 amide bonds. The zero-order valence-electron chi connectivity index (χ0n) is 33.2. The van der Waals surface area contributed by atoms with Crippen molar-refractivity contribution in [3.63, 3.8) is 0 Å². The summed E-state index contributed by atoms with van der Waals surface area (Å²) in [6.45, 7) is 15.1. The SMILES string of the molecule is Cc1cc(OCCCc2c3n(c4c(-c5c(C)nn(C)c5C)c(Cl)ccc24)[C@H](C)CN(c2nn(CCN4CCOCC4)c4cc(C(=O)O)ccc24)C3=O)cc(C)c1Cl. The monoisotopic (exact) mass is 811 g/mol. The summed E-state index contributed by atoms with van der Waals surface area (Å²) < 4.78 is 17.7. The fourth-order valence-electron chi connectivity index (χ4n) is 8.63. The van der Waals surface area contributed by atoms with E-state index in [0.717, 1.165) is 79.4 Å². The molecule has 3 aromatic carbocycles. The number of fused-ring (bicyclic) bond motifs is 4. The molecule has 5 heterocycles. The number of ether oxygens (including phenoxy) is 2. The number of amides is 1. The third-order valence-electron chi connectivity index (χ3n) is 11.5. The van der Waals surface area contributed by atoms with Gasteiger partial charge >= 0.3 is 5.97 Å². The molecule has 0 unspecified atom stereocenters. The largest absolute Gasteiger partial charge is 0.494 e. The molecule has 298 valence electrons. The standard InChI is InChI=1S/C43H47Cl2N7O5/c1-24-20-30(21-25(2)38(24)45)57-17-7-8-31-32-11-12-34(44)37(36-27(4)46-48(6)28(36)5)39(32)52-26(3)23-50(42(53)40(31)52)41-33-10-9-29(43(54)55)22-35(33)51(47-41)14-13-49-15-18-56-19-16-49/h9-12,20-22,26H,7-8,13-19,23H2,1-6H3,(H,54,55)/t26-/m1/s1. The van der Waals surface area contributed by atoms with Gasteiger partial charge in [-0.25, -0.2) is 4.79 Å². The molecule has 57 heavy (non-hydrogen) atoms. The van der Waals surface area contributed by atoms with Crippen LogP contribution in [0.4, 0.5) is 5.82 Å². The molecule has 0 saturated carbocycles. The van der Waals surface area contributed by atoms with Crippen LogP contribution in [0.25, 0.3) is 32.9 Å². The lowest BCUT2D eigenvalue weighted by molar-refractivity contribution is 0.0361. The summed E-state index contributed by atoms with van der Waals surface area (Å²) in [7, 11) is 1.93. The van der Waals surface area contributed by atoms with E-state index < -0.39 is 5.97 Å². The highest BCUT2D eigenvalue weighted by atomic mass is 35.5. The molecular weight excluding hydrogens is 765 g/mol. The Morgan fingerprint density at radius 3 is 2.37 bits per heavy atom. The number of carbonyl (C=O) groups excluding carboxylic acids is 1. The fraction of sp³-hybridized carbons (Fsp3) is 0.395. The lowest BCUT2D eigenvalue weighted by Crippen LogP contribution is -2.43. The van der Waals surface area contributed by atoms with Crippen LogP contribution in [0.3, 0.4) is 0 Å². The number of benzene rings is 3. The van der Waals surface area contributed by atoms with Crippen molar-refractivity contribution in [3.8, 4) is 16.9 Å². The van der Waals surface area contributed by atoms with Crippen LogP contribution in [0.1, 0.15) is 68.3 Å². The number of anilines is 1. The lowest BCUT2D eigenvalue weighted by atomic mass is 9.98. The second-order valence-electron chi connectivity index (χ2n) is 15.3. The van der Waals surface area contributed by atoms with Crippen LogP contribution in [-0.4, -0.2) is 92.0 Å². The number of aromatic carboxylic acids is 1. The summed E-state index contributed by atoms with van der Waals surface area (Å²) in [5.74, 6) is 0.0769. The van der Waals surface area contributed by atoms with Crippen LogP contribution >= 0.6 is 23.2 Å². The van der Waals surface area contributed by atoms with E-state index in [2.05, 4.69) is 16.4 Å². The molecule has 0 spiro atoms. The molecule has 2 aliphatic heterocycles. The summed E-state index contributed by atoms with van der Waals surface area (Å²) in [4.78, 5) is 31.5. The van der Waals surface area contributed by atoms with Crippen molar-refractivity contribution >= 4 is 62.7 Å². The number of nitrogens with zero attached hydrogens (tertiary/aromatic N) is 7. The Labute approximate surface area is 341 Å². The predicted octanol–water partition coefficient (Wildman–Crippen LogP) is 8.20. The van der Waals surface area contributed by atoms with E-state index in [9.17, 15) is 9.90 Å². The first-order valence-electron chi connectivity index (χ1n) is 19.4. The van der Waals surface area contributed by atoms with Crippen LogP contribution in [0.2, 0.25) is 10.0 Å². The van der Waals surface area contributed by atoms with Crippen molar-refractivity contribution < 1.29 is 24.2 Å². The number of rotatable bonds is 11. The minimum absolute atomic E-state index is 0.166. The molecule has 0 bridgehead atoms. The van der Waals surface area contributed by atoms with Gasteiger partial charge in [-0.1, -0.05) is 29.3 Å². The first-order chi connectivity index (χ1) is 27.3. The summed E-state index contributed by atoms with van der Waals surface area (Å²) in [5.41, 5.74) is 8.82. The van der Waals surface area contributed by atoms with Gasteiger partial charge < -0.3 is 19.1 Å². The van der Waals surface area contributed by atoms with Crippen molar-refractivity contribution in [1.82, 2.24) is 29.0 Å². The van der Waals surface area contributed by atoms with Crippen molar-refractivity contribution in [2.45, 2.75) is 60.0 Å². The second kappa shape index (κ2) is 15.5. The van der Waals surface area contributed by atoms with Crippen molar-refractivity contribution in [2.75, 3.05) is 50.9 Å².